The molecule has 15 heavy (non-hydrogen) atoms. The standard InChI is InChI=1S/C10H14N2OS2/c1-2-7-4-6-15-9(7)10(13)12-5-3-8(11)14/h4,6H,2-3,5H2,1H3,(H2,11,14)(H,12,13). The summed E-state index contributed by atoms with van der Waals surface area (Å²) in [6.45, 7) is 2.54. The van der Waals surface area contributed by atoms with Crippen LogP contribution in [0.3, 0.4) is 0 Å². The summed E-state index contributed by atoms with van der Waals surface area (Å²) in [6.07, 6.45) is 1.43. The molecule has 1 heterocycles. The van der Waals surface area contributed by atoms with E-state index >= 15 is 0 Å². The van der Waals surface area contributed by atoms with Gasteiger partial charge in [0.1, 0.15) is 0 Å². The van der Waals surface area contributed by atoms with Crippen LogP contribution in [-0.4, -0.2) is 17.4 Å². The van der Waals surface area contributed by atoms with Crippen molar-refractivity contribution in [2.45, 2.75) is 19.8 Å². The van der Waals surface area contributed by atoms with E-state index in [4.69, 9.17) is 18.0 Å². The Hall–Kier alpha value is -0.940. The van der Waals surface area contributed by atoms with E-state index in [0.29, 0.717) is 18.0 Å². The second kappa shape index (κ2) is 5.82. The highest BCUT2D eigenvalue weighted by Crippen LogP contribution is 2.16. The van der Waals surface area contributed by atoms with Gasteiger partial charge in [-0.2, -0.15) is 0 Å². The third kappa shape index (κ3) is 3.60. The van der Waals surface area contributed by atoms with Crippen molar-refractivity contribution < 1.29 is 4.79 Å². The van der Waals surface area contributed by atoms with Gasteiger partial charge in [-0.3, -0.25) is 4.79 Å². The lowest BCUT2D eigenvalue weighted by molar-refractivity contribution is 0.0958. The first-order chi connectivity index (χ1) is 7.15. The van der Waals surface area contributed by atoms with Crippen molar-refractivity contribution in [3.05, 3.63) is 21.9 Å². The molecule has 0 radical (unpaired) electrons. The molecule has 3 N–H and O–H groups in total. The zero-order valence-electron chi connectivity index (χ0n) is 8.58. The van der Waals surface area contributed by atoms with Gasteiger partial charge in [0.15, 0.2) is 0 Å². The number of carbonyl (C=O) groups excluding carboxylic acids is 1. The van der Waals surface area contributed by atoms with E-state index in [-0.39, 0.29) is 5.91 Å². The number of nitrogens with one attached hydrogen (secondary N) is 1. The molecule has 0 aliphatic rings. The highest BCUT2D eigenvalue weighted by Gasteiger charge is 2.10. The normalized spacial score (nSPS) is 9.93. The molecule has 0 unspecified atom stereocenters. The average Bonchev–Trinajstić information content (AvgIpc) is 2.64. The first-order valence-corrected chi connectivity index (χ1v) is 6.06. The molecular formula is C10H14N2OS2. The minimum atomic E-state index is -0.0295. The zero-order chi connectivity index (χ0) is 11.3. The topological polar surface area (TPSA) is 55.1 Å². The number of nitrogens with two attached hydrogens (primary N) is 1. The fraction of sp³-hybridized carbons (Fsp3) is 0.400. The summed E-state index contributed by atoms with van der Waals surface area (Å²) in [5, 5.41) is 4.73. The Balaban J connectivity index is 2.50. The monoisotopic (exact) mass is 242 g/mol. The Labute approximate surface area is 98.7 Å². The van der Waals surface area contributed by atoms with Crippen molar-refractivity contribution >= 4 is 34.5 Å². The van der Waals surface area contributed by atoms with E-state index < -0.39 is 0 Å². The molecule has 1 rings (SSSR count). The summed E-state index contributed by atoms with van der Waals surface area (Å²) >= 11 is 6.19. The van der Waals surface area contributed by atoms with Gasteiger partial charge in [-0.05, 0) is 23.4 Å². The zero-order valence-corrected chi connectivity index (χ0v) is 10.2. The molecule has 1 amide bonds. The van der Waals surface area contributed by atoms with Gasteiger partial charge in [0.2, 0.25) is 0 Å². The lowest BCUT2D eigenvalue weighted by Crippen LogP contribution is -2.27. The molecule has 3 nitrogen and oxygen atoms in total. The lowest BCUT2D eigenvalue weighted by Gasteiger charge is -2.04. The summed E-state index contributed by atoms with van der Waals surface area (Å²) in [5.41, 5.74) is 6.43. The van der Waals surface area contributed by atoms with Crippen LogP contribution >= 0.6 is 23.6 Å². The first kappa shape index (κ1) is 12.1. The summed E-state index contributed by atoms with van der Waals surface area (Å²) in [5.74, 6) is -0.0295. The average molecular weight is 242 g/mol. The number of aryl methyl sites for hydroxylation is 1. The van der Waals surface area contributed by atoms with Crippen LogP contribution < -0.4 is 11.1 Å². The van der Waals surface area contributed by atoms with Gasteiger partial charge < -0.3 is 11.1 Å². The highest BCUT2D eigenvalue weighted by atomic mass is 32.1. The molecule has 82 valence electrons. The van der Waals surface area contributed by atoms with E-state index in [1.807, 2.05) is 18.4 Å². The fourth-order valence-electron chi connectivity index (χ4n) is 1.19. The second-order valence-corrected chi connectivity index (χ2v) is 4.54. The van der Waals surface area contributed by atoms with Gasteiger partial charge >= 0.3 is 0 Å². The molecular weight excluding hydrogens is 228 g/mol. The third-order valence-electron chi connectivity index (χ3n) is 1.99. The van der Waals surface area contributed by atoms with Crippen molar-refractivity contribution in [1.82, 2.24) is 5.32 Å². The fourth-order valence-corrected chi connectivity index (χ4v) is 2.21. The molecule has 0 aromatic carbocycles. The summed E-state index contributed by atoms with van der Waals surface area (Å²) in [6, 6.07) is 1.98. The number of amides is 1. The van der Waals surface area contributed by atoms with Crippen LogP contribution in [0.4, 0.5) is 0 Å². The molecule has 0 spiro atoms. The van der Waals surface area contributed by atoms with E-state index in [9.17, 15) is 4.79 Å². The quantitative estimate of drug-likeness (QED) is 0.773. The first-order valence-electron chi connectivity index (χ1n) is 4.78. The predicted molar refractivity (Wildman–Crippen MR) is 67.4 cm³/mol. The molecule has 0 saturated carbocycles. The predicted octanol–water partition coefficient (Wildman–Crippen LogP) is 1.72. The number of carbonyl (C=O) groups is 1. The van der Waals surface area contributed by atoms with Crippen LogP contribution in [0.2, 0.25) is 0 Å². The molecule has 0 aliphatic carbocycles. The second-order valence-electron chi connectivity index (χ2n) is 3.10. The number of rotatable bonds is 5. The molecule has 0 aliphatic heterocycles. The maximum Gasteiger partial charge on any atom is 0.261 e. The minimum absolute atomic E-state index is 0.0295. The Morgan fingerprint density at radius 3 is 3.00 bits per heavy atom. The Kier molecular flexibility index (Phi) is 4.71. The summed E-state index contributed by atoms with van der Waals surface area (Å²) in [7, 11) is 0. The smallest absolute Gasteiger partial charge is 0.261 e. The highest BCUT2D eigenvalue weighted by molar-refractivity contribution is 7.80. The SMILES string of the molecule is CCc1ccsc1C(=O)NCCC(N)=S. The molecule has 5 heteroatoms. The van der Waals surface area contributed by atoms with Crippen molar-refractivity contribution in [3.63, 3.8) is 0 Å². The van der Waals surface area contributed by atoms with Crippen molar-refractivity contribution in [2.24, 2.45) is 5.73 Å². The van der Waals surface area contributed by atoms with Gasteiger partial charge in [-0.1, -0.05) is 19.1 Å². The lowest BCUT2D eigenvalue weighted by atomic mass is 10.2. The number of hydrogen-bond acceptors (Lipinski definition) is 3. The minimum Gasteiger partial charge on any atom is -0.393 e. The van der Waals surface area contributed by atoms with Crippen molar-refractivity contribution in [1.29, 1.82) is 0 Å². The van der Waals surface area contributed by atoms with Gasteiger partial charge in [-0.15, -0.1) is 11.3 Å². The van der Waals surface area contributed by atoms with Crippen LogP contribution in [0.15, 0.2) is 11.4 Å². The van der Waals surface area contributed by atoms with Crippen LogP contribution in [-0.2, 0) is 6.42 Å². The van der Waals surface area contributed by atoms with Gasteiger partial charge in [0, 0.05) is 13.0 Å². The summed E-state index contributed by atoms with van der Waals surface area (Å²) < 4.78 is 0. The largest absolute Gasteiger partial charge is 0.393 e. The number of thiophene rings is 1. The van der Waals surface area contributed by atoms with Crippen molar-refractivity contribution in [2.75, 3.05) is 6.54 Å². The summed E-state index contributed by atoms with van der Waals surface area (Å²) in [4.78, 5) is 12.9. The van der Waals surface area contributed by atoms with E-state index in [1.54, 1.807) is 0 Å². The van der Waals surface area contributed by atoms with Crippen molar-refractivity contribution in [3.8, 4) is 0 Å². The van der Waals surface area contributed by atoms with Gasteiger partial charge in [0.25, 0.3) is 5.91 Å². The maximum atomic E-state index is 11.7. The van der Waals surface area contributed by atoms with Gasteiger partial charge in [0.05, 0.1) is 9.87 Å². The third-order valence-corrected chi connectivity index (χ3v) is 3.15. The number of hydrogen-bond donors (Lipinski definition) is 2. The molecule has 0 bridgehead atoms. The van der Waals surface area contributed by atoms with E-state index in [1.165, 1.54) is 11.3 Å². The van der Waals surface area contributed by atoms with E-state index in [0.717, 1.165) is 16.9 Å². The molecule has 1 aromatic rings. The Bertz CT molecular complexity index is 360. The van der Waals surface area contributed by atoms with Crippen LogP contribution in [0.1, 0.15) is 28.6 Å². The Morgan fingerprint density at radius 1 is 1.67 bits per heavy atom. The Morgan fingerprint density at radius 2 is 2.40 bits per heavy atom. The van der Waals surface area contributed by atoms with Crippen LogP contribution in [0, 0.1) is 0 Å². The molecule has 0 saturated heterocycles. The maximum absolute atomic E-state index is 11.7. The van der Waals surface area contributed by atoms with Crippen LogP contribution in [0.25, 0.3) is 0 Å². The van der Waals surface area contributed by atoms with Gasteiger partial charge in [-0.25, -0.2) is 0 Å². The molecule has 1 aromatic heterocycles. The number of thiocarbonyl (C=S) groups is 1. The van der Waals surface area contributed by atoms with Crippen LogP contribution in [0.5, 0.6) is 0 Å². The van der Waals surface area contributed by atoms with E-state index in [2.05, 4.69) is 5.32 Å². The molecule has 0 atom stereocenters. The molecule has 0 fully saturated rings.